The summed E-state index contributed by atoms with van der Waals surface area (Å²) in [6.07, 6.45) is -3.69. The fourth-order valence-electron chi connectivity index (χ4n) is 2.01. The third kappa shape index (κ3) is 4.23. The lowest BCUT2D eigenvalue weighted by Crippen LogP contribution is -2.53. The van der Waals surface area contributed by atoms with Crippen molar-refractivity contribution in [2.75, 3.05) is 11.1 Å². The number of aromatic nitrogens is 1. The summed E-state index contributed by atoms with van der Waals surface area (Å²) in [5.41, 5.74) is 5.70. The highest BCUT2D eigenvalue weighted by Crippen LogP contribution is 2.28. The number of hydrogen-bond acceptors (Lipinski definition) is 4. The van der Waals surface area contributed by atoms with Crippen LogP contribution in [0.5, 0.6) is 0 Å². The van der Waals surface area contributed by atoms with E-state index >= 15 is 0 Å². The molecule has 122 valence electrons. The van der Waals surface area contributed by atoms with Crippen LogP contribution in [0.25, 0.3) is 0 Å². The van der Waals surface area contributed by atoms with Gasteiger partial charge in [0.05, 0.1) is 11.9 Å². The summed E-state index contributed by atoms with van der Waals surface area (Å²) in [5.74, 6) is -2.48. The van der Waals surface area contributed by atoms with E-state index in [-0.39, 0.29) is 31.1 Å². The van der Waals surface area contributed by atoms with Gasteiger partial charge in [0, 0.05) is 0 Å². The first-order valence-electron chi connectivity index (χ1n) is 6.17. The Balaban J connectivity index is 0.00000242. The molecule has 2 rings (SSSR count). The summed E-state index contributed by atoms with van der Waals surface area (Å²) in [7, 11) is 0. The number of nitrogens with one attached hydrogen (secondary N) is 2. The van der Waals surface area contributed by atoms with Crippen LogP contribution in [0.2, 0.25) is 0 Å². The number of rotatable bonds is 2. The number of nitrogens with zero attached hydrogens (tertiary/aromatic N) is 1. The number of pyridine rings is 1. The van der Waals surface area contributed by atoms with Gasteiger partial charge < -0.3 is 16.4 Å². The zero-order valence-electron chi connectivity index (χ0n) is 11.2. The van der Waals surface area contributed by atoms with Gasteiger partial charge in [0.2, 0.25) is 11.8 Å². The molecule has 0 bridgehead atoms. The first kappa shape index (κ1) is 18.0. The number of hydrogen-bond donors (Lipinski definition) is 3. The molecule has 2 unspecified atom stereocenters. The van der Waals surface area contributed by atoms with Crippen molar-refractivity contribution in [3.8, 4) is 0 Å². The predicted molar refractivity (Wildman–Crippen MR) is 75.2 cm³/mol. The second kappa shape index (κ2) is 6.82. The predicted octanol–water partition coefficient (Wildman–Crippen LogP) is 1.48. The number of nitrogen functional groups attached to an aromatic ring is 1. The van der Waals surface area contributed by atoms with Crippen molar-refractivity contribution >= 4 is 35.7 Å². The lowest BCUT2D eigenvalue weighted by atomic mass is 9.93. The van der Waals surface area contributed by atoms with Gasteiger partial charge in [0.15, 0.2) is 0 Å². The molecule has 4 N–H and O–H groups in total. The van der Waals surface area contributed by atoms with E-state index in [9.17, 15) is 22.8 Å². The van der Waals surface area contributed by atoms with Gasteiger partial charge in [-0.15, -0.1) is 12.4 Å². The first-order chi connectivity index (χ1) is 9.77. The average Bonchev–Trinajstić information content (AvgIpc) is 2.40. The van der Waals surface area contributed by atoms with E-state index in [1.807, 2.05) is 5.32 Å². The fraction of sp³-hybridized carbons (Fsp3) is 0.417. The van der Waals surface area contributed by atoms with Crippen molar-refractivity contribution in [3.05, 3.63) is 18.3 Å². The van der Waals surface area contributed by atoms with Gasteiger partial charge in [-0.25, -0.2) is 4.98 Å². The largest absolute Gasteiger partial charge is 0.408 e. The standard InChI is InChI=1S/C12H13F3N4O2.ClH/c13-12(14,15)8-3-2-7(11(21)19-8)10(20)18-6-1-4-9(16)17-5-6;/h1,4-5,7-8H,2-3H2,(H2,16,17)(H,18,20)(H,19,21);1H. The smallest absolute Gasteiger partial charge is 0.384 e. The highest BCUT2D eigenvalue weighted by molar-refractivity contribution is 6.06. The molecule has 2 atom stereocenters. The number of amides is 2. The molecule has 2 heterocycles. The summed E-state index contributed by atoms with van der Waals surface area (Å²) in [4.78, 5) is 27.3. The molecule has 1 aromatic rings. The lowest BCUT2D eigenvalue weighted by Gasteiger charge is -2.29. The number of halogens is 4. The number of alkyl halides is 3. The Hall–Kier alpha value is -2.03. The summed E-state index contributed by atoms with van der Waals surface area (Å²) in [6.45, 7) is 0. The molecule has 1 aliphatic heterocycles. The monoisotopic (exact) mass is 338 g/mol. The number of carbonyl (C=O) groups is 2. The van der Waals surface area contributed by atoms with E-state index in [2.05, 4.69) is 10.3 Å². The minimum Gasteiger partial charge on any atom is -0.384 e. The Kier molecular flexibility index (Phi) is 5.59. The van der Waals surface area contributed by atoms with Crippen LogP contribution in [-0.4, -0.2) is 29.0 Å². The maximum absolute atomic E-state index is 12.5. The zero-order chi connectivity index (χ0) is 15.6. The summed E-state index contributed by atoms with van der Waals surface area (Å²) >= 11 is 0. The maximum atomic E-state index is 12.5. The second-order valence-electron chi connectivity index (χ2n) is 4.69. The molecule has 22 heavy (non-hydrogen) atoms. The minimum absolute atomic E-state index is 0. The van der Waals surface area contributed by atoms with Crippen molar-refractivity contribution in [3.63, 3.8) is 0 Å². The van der Waals surface area contributed by atoms with Gasteiger partial charge in [-0.1, -0.05) is 0 Å². The van der Waals surface area contributed by atoms with Crippen molar-refractivity contribution in [2.45, 2.75) is 25.1 Å². The van der Waals surface area contributed by atoms with Crippen LogP contribution in [-0.2, 0) is 9.59 Å². The van der Waals surface area contributed by atoms with Crippen molar-refractivity contribution in [1.29, 1.82) is 0 Å². The summed E-state index contributed by atoms with van der Waals surface area (Å²) in [5, 5.41) is 4.25. The molecule has 6 nitrogen and oxygen atoms in total. The molecule has 10 heteroatoms. The lowest BCUT2D eigenvalue weighted by molar-refractivity contribution is -0.170. The highest BCUT2D eigenvalue weighted by Gasteiger charge is 2.45. The van der Waals surface area contributed by atoms with Crippen molar-refractivity contribution < 1.29 is 22.8 Å². The van der Waals surface area contributed by atoms with E-state index < -0.39 is 30.0 Å². The number of anilines is 2. The van der Waals surface area contributed by atoms with Gasteiger partial charge in [-0.05, 0) is 25.0 Å². The summed E-state index contributed by atoms with van der Waals surface area (Å²) < 4.78 is 37.5. The van der Waals surface area contributed by atoms with Gasteiger partial charge in [0.25, 0.3) is 0 Å². The van der Waals surface area contributed by atoms with Crippen LogP contribution in [0, 0.1) is 5.92 Å². The normalized spacial score (nSPS) is 21.5. The molecular formula is C12H14ClF3N4O2. The number of carbonyl (C=O) groups excluding carboxylic acids is 2. The molecule has 0 aliphatic carbocycles. The quantitative estimate of drug-likeness (QED) is 0.711. The Bertz CT molecular complexity index is 550. The number of nitrogens with two attached hydrogens (primary N) is 1. The van der Waals surface area contributed by atoms with Crippen LogP contribution >= 0.6 is 12.4 Å². The Morgan fingerprint density at radius 2 is 2.05 bits per heavy atom. The minimum atomic E-state index is -4.50. The molecular weight excluding hydrogens is 325 g/mol. The summed E-state index contributed by atoms with van der Waals surface area (Å²) in [6, 6.07) is 1.04. The second-order valence-corrected chi connectivity index (χ2v) is 4.69. The SMILES string of the molecule is Cl.Nc1ccc(NC(=O)C2CCC(C(F)(F)F)NC2=O)cn1. The molecule has 1 fully saturated rings. The number of piperidine rings is 1. The van der Waals surface area contributed by atoms with Crippen LogP contribution in [0.4, 0.5) is 24.7 Å². The van der Waals surface area contributed by atoms with Crippen LogP contribution < -0.4 is 16.4 Å². The van der Waals surface area contributed by atoms with E-state index in [4.69, 9.17) is 5.73 Å². The highest BCUT2D eigenvalue weighted by atomic mass is 35.5. The molecule has 1 saturated heterocycles. The van der Waals surface area contributed by atoms with E-state index in [0.717, 1.165) is 0 Å². The van der Waals surface area contributed by atoms with Gasteiger partial charge >= 0.3 is 6.18 Å². The zero-order valence-corrected chi connectivity index (χ0v) is 12.0. The molecule has 0 saturated carbocycles. The van der Waals surface area contributed by atoms with E-state index in [1.165, 1.54) is 18.3 Å². The van der Waals surface area contributed by atoms with Crippen LogP contribution in [0.1, 0.15) is 12.8 Å². The molecule has 0 spiro atoms. The first-order valence-corrected chi connectivity index (χ1v) is 6.17. The maximum Gasteiger partial charge on any atom is 0.408 e. The van der Waals surface area contributed by atoms with Crippen molar-refractivity contribution in [1.82, 2.24) is 10.3 Å². The van der Waals surface area contributed by atoms with Gasteiger partial charge in [-0.3, -0.25) is 9.59 Å². The molecule has 2 amide bonds. The van der Waals surface area contributed by atoms with Crippen LogP contribution in [0.3, 0.4) is 0 Å². The topological polar surface area (TPSA) is 97.1 Å². The molecule has 0 radical (unpaired) electrons. The Morgan fingerprint density at radius 3 is 2.55 bits per heavy atom. The fourth-order valence-corrected chi connectivity index (χ4v) is 2.01. The van der Waals surface area contributed by atoms with Crippen molar-refractivity contribution in [2.24, 2.45) is 5.92 Å². The van der Waals surface area contributed by atoms with E-state index in [1.54, 1.807) is 0 Å². The Morgan fingerprint density at radius 1 is 1.36 bits per heavy atom. The third-order valence-electron chi connectivity index (χ3n) is 3.14. The Labute approximate surface area is 130 Å². The van der Waals surface area contributed by atoms with Crippen LogP contribution in [0.15, 0.2) is 18.3 Å². The molecule has 1 aromatic heterocycles. The average molecular weight is 339 g/mol. The van der Waals surface area contributed by atoms with Gasteiger partial charge in [0.1, 0.15) is 17.8 Å². The molecule has 0 aromatic carbocycles. The third-order valence-corrected chi connectivity index (χ3v) is 3.14. The van der Waals surface area contributed by atoms with Gasteiger partial charge in [-0.2, -0.15) is 13.2 Å². The van der Waals surface area contributed by atoms with E-state index in [0.29, 0.717) is 5.69 Å². The molecule has 1 aliphatic rings.